The molecule has 2 aromatic heterocycles. The van der Waals surface area contributed by atoms with Crippen LogP contribution in [-0.2, 0) is 0 Å². The quantitative estimate of drug-likeness (QED) is 0.767. The number of nitrogens with one attached hydrogen (secondary N) is 1. The van der Waals surface area contributed by atoms with Gasteiger partial charge >= 0.3 is 0 Å². The van der Waals surface area contributed by atoms with E-state index in [4.69, 9.17) is 4.74 Å². The summed E-state index contributed by atoms with van der Waals surface area (Å²) >= 11 is 0. The molecule has 2 rings (SSSR count). The summed E-state index contributed by atoms with van der Waals surface area (Å²) in [5.41, 5.74) is -0.267. The molecule has 2 aromatic rings. The number of fused-ring (bicyclic) bond motifs is 1. The number of hydrogen-bond donors (Lipinski definition) is 2. The largest absolute Gasteiger partial charge is 0.474 e. The second kappa shape index (κ2) is 3.47. The Labute approximate surface area is 86.3 Å². The Kier molecular flexibility index (Phi) is 2.28. The van der Waals surface area contributed by atoms with Gasteiger partial charge in [-0.05, 0) is 13.8 Å². The van der Waals surface area contributed by atoms with Crippen molar-refractivity contribution in [3.63, 3.8) is 0 Å². The lowest BCUT2D eigenvalue weighted by molar-refractivity contribution is 0.0274. The summed E-state index contributed by atoms with van der Waals surface area (Å²) in [5.74, 6) is 0.427. The van der Waals surface area contributed by atoms with Crippen LogP contribution < -0.4 is 4.74 Å². The number of aliphatic hydroxyl groups is 1. The Bertz CT molecular complexity index is 460. The summed E-state index contributed by atoms with van der Waals surface area (Å²) in [6.45, 7) is 3.51. The van der Waals surface area contributed by atoms with Gasteiger partial charge in [0.25, 0.3) is 0 Å². The maximum atomic E-state index is 9.51. The summed E-state index contributed by atoms with van der Waals surface area (Å²) in [6.07, 6.45) is 2.98. The van der Waals surface area contributed by atoms with E-state index in [2.05, 4.69) is 20.2 Å². The lowest BCUT2D eigenvalue weighted by Gasteiger charge is -2.17. The maximum Gasteiger partial charge on any atom is 0.227 e. The minimum Gasteiger partial charge on any atom is -0.474 e. The number of aromatic amines is 1. The summed E-state index contributed by atoms with van der Waals surface area (Å²) in [7, 11) is 0. The normalized spacial score (nSPS) is 11.9. The minimum atomic E-state index is -0.888. The van der Waals surface area contributed by atoms with Crippen LogP contribution in [0.5, 0.6) is 5.88 Å². The molecule has 0 atom stereocenters. The van der Waals surface area contributed by atoms with E-state index in [0.29, 0.717) is 16.9 Å². The molecule has 0 unspecified atom stereocenters. The van der Waals surface area contributed by atoms with E-state index in [1.54, 1.807) is 20.0 Å². The molecule has 80 valence electrons. The van der Waals surface area contributed by atoms with Crippen LogP contribution in [0.4, 0.5) is 0 Å². The first-order valence-corrected chi connectivity index (χ1v) is 4.55. The van der Waals surface area contributed by atoms with E-state index in [0.717, 1.165) is 0 Å². The maximum absolute atomic E-state index is 9.51. The molecule has 0 aliphatic carbocycles. The number of hydrogen-bond acceptors (Lipinski definition) is 5. The molecule has 0 saturated carbocycles. The highest BCUT2D eigenvalue weighted by atomic mass is 16.5. The molecule has 0 fully saturated rings. The second-order valence-corrected chi connectivity index (χ2v) is 3.91. The molecule has 0 bridgehead atoms. The van der Waals surface area contributed by atoms with E-state index >= 15 is 0 Å². The van der Waals surface area contributed by atoms with Crippen LogP contribution in [0.3, 0.4) is 0 Å². The van der Waals surface area contributed by atoms with Crippen molar-refractivity contribution >= 4 is 11.0 Å². The fourth-order valence-corrected chi connectivity index (χ4v) is 1.10. The average Bonchev–Trinajstić information content (AvgIpc) is 2.61. The van der Waals surface area contributed by atoms with Crippen LogP contribution >= 0.6 is 0 Å². The van der Waals surface area contributed by atoms with Crippen molar-refractivity contribution in [3.8, 4) is 5.88 Å². The topological polar surface area (TPSA) is 83.9 Å². The van der Waals surface area contributed by atoms with Gasteiger partial charge in [0.2, 0.25) is 5.88 Å². The van der Waals surface area contributed by atoms with Crippen molar-refractivity contribution < 1.29 is 9.84 Å². The van der Waals surface area contributed by atoms with Crippen molar-refractivity contribution in [2.75, 3.05) is 6.61 Å². The van der Waals surface area contributed by atoms with Crippen LogP contribution in [0.2, 0.25) is 0 Å². The van der Waals surface area contributed by atoms with Gasteiger partial charge < -0.3 is 9.84 Å². The second-order valence-electron chi connectivity index (χ2n) is 3.91. The third kappa shape index (κ3) is 2.21. The van der Waals surface area contributed by atoms with Crippen molar-refractivity contribution in [2.24, 2.45) is 0 Å². The lowest BCUT2D eigenvalue weighted by atomic mass is 10.2. The van der Waals surface area contributed by atoms with Gasteiger partial charge in [-0.3, -0.25) is 5.10 Å². The predicted octanol–water partition coefficient (Wildman–Crippen LogP) is 0.503. The highest BCUT2D eigenvalue weighted by Gasteiger charge is 2.15. The van der Waals surface area contributed by atoms with Crippen molar-refractivity contribution in [2.45, 2.75) is 19.4 Å². The van der Waals surface area contributed by atoms with Gasteiger partial charge in [-0.2, -0.15) is 5.10 Å². The molecule has 6 nitrogen and oxygen atoms in total. The van der Waals surface area contributed by atoms with E-state index < -0.39 is 5.60 Å². The van der Waals surface area contributed by atoms with Crippen LogP contribution in [0, 0.1) is 0 Å². The molecule has 0 aromatic carbocycles. The molecular formula is C9H12N4O2. The zero-order chi connectivity index (χ0) is 10.9. The number of nitrogens with zero attached hydrogens (tertiary/aromatic N) is 3. The van der Waals surface area contributed by atoms with E-state index in [1.807, 2.05) is 0 Å². The highest BCUT2D eigenvalue weighted by Crippen LogP contribution is 2.19. The molecule has 0 amide bonds. The van der Waals surface area contributed by atoms with Gasteiger partial charge in [0, 0.05) is 0 Å². The highest BCUT2D eigenvalue weighted by molar-refractivity contribution is 5.78. The first-order chi connectivity index (χ1) is 7.06. The number of ether oxygens (including phenoxy) is 1. The monoisotopic (exact) mass is 208 g/mol. The van der Waals surface area contributed by atoms with Gasteiger partial charge in [0.1, 0.15) is 18.3 Å². The van der Waals surface area contributed by atoms with Crippen LogP contribution in [-0.4, -0.2) is 37.5 Å². The molecule has 6 heteroatoms. The van der Waals surface area contributed by atoms with Crippen molar-refractivity contribution in [1.82, 2.24) is 20.2 Å². The summed E-state index contributed by atoms with van der Waals surface area (Å²) in [5, 5.41) is 16.8. The van der Waals surface area contributed by atoms with Crippen molar-refractivity contribution in [1.29, 1.82) is 0 Å². The zero-order valence-corrected chi connectivity index (χ0v) is 8.56. The smallest absolute Gasteiger partial charge is 0.227 e. The standard InChI is InChI=1S/C9H12N4O2/c1-9(2,14)4-15-8-6-3-12-13-7(6)10-5-11-8/h3,5,14H,4H2,1-2H3,(H,10,11,12,13). The lowest BCUT2D eigenvalue weighted by Crippen LogP contribution is -2.28. The number of aromatic nitrogens is 4. The number of H-pyrrole nitrogens is 1. The first-order valence-electron chi connectivity index (χ1n) is 4.55. The van der Waals surface area contributed by atoms with E-state index in [1.165, 1.54) is 6.33 Å². The Hall–Kier alpha value is -1.69. The molecule has 15 heavy (non-hydrogen) atoms. The van der Waals surface area contributed by atoms with Gasteiger partial charge in [0.05, 0.1) is 11.8 Å². The predicted molar refractivity (Wildman–Crippen MR) is 53.5 cm³/mol. The summed E-state index contributed by atoms with van der Waals surface area (Å²) < 4.78 is 5.38. The Balaban J connectivity index is 2.24. The minimum absolute atomic E-state index is 0.171. The fourth-order valence-electron chi connectivity index (χ4n) is 1.10. The summed E-state index contributed by atoms with van der Waals surface area (Å²) in [6, 6.07) is 0. The molecule has 0 spiro atoms. The van der Waals surface area contributed by atoms with Gasteiger partial charge in [0.15, 0.2) is 5.65 Å². The molecule has 0 radical (unpaired) electrons. The van der Waals surface area contributed by atoms with Crippen LogP contribution in [0.25, 0.3) is 11.0 Å². The van der Waals surface area contributed by atoms with Gasteiger partial charge in [-0.15, -0.1) is 0 Å². The first kappa shape index (κ1) is 9.85. The fraction of sp³-hybridized carbons (Fsp3) is 0.444. The van der Waals surface area contributed by atoms with Crippen LogP contribution in [0.15, 0.2) is 12.5 Å². The summed E-state index contributed by atoms with van der Waals surface area (Å²) in [4.78, 5) is 7.95. The molecule has 2 N–H and O–H groups in total. The molecule has 2 heterocycles. The number of rotatable bonds is 3. The molecule has 0 saturated heterocycles. The Morgan fingerprint density at radius 3 is 3.00 bits per heavy atom. The van der Waals surface area contributed by atoms with Gasteiger partial charge in [-0.1, -0.05) is 0 Å². The van der Waals surface area contributed by atoms with Crippen molar-refractivity contribution in [3.05, 3.63) is 12.5 Å². The van der Waals surface area contributed by atoms with E-state index in [9.17, 15) is 5.11 Å². The molecule has 0 aliphatic heterocycles. The average molecular weight is 208 g/mol. The van der Waals surface area contributed by atoms with Crippen LogP contribution in [0.1, 0.15) is 13.8 Å². The Morgan fingerprint density at radius 1 is 1.47 bits per heavy atom. The third-order valence-electron chi connectivity index (χ3n) is 1.77. The molecule has 0 aliphatic rings. The van der Waals surface area contributed by atoms with Gasteiger partial charge in [-0.25, -0.2) is 9.97 Å². The van der Waals surface area contributed by atoms with E-state index in [-0.39, 0.29) is 6.61 Å². The molecular weight excluding hydrogens is 196 g/mol. The SMILES string of the molecule is CC(C)(O)COc1ncnc2[nH]ncc12. The zero-order valence-electron chi connectivity index (χ0n) is 8.56. The third-order valence-corrected chi connectivity index (χ3v) is 1.77. The Morgan fingerprint density at radius 2 is 2.27 bits per heavy atom.